The third-order valence-corrected chi connectivity index (χ3v) is 1.22. The molecule has 7 heteroatoms. The molecule has 13 heavy (non-hydrogen) atoms. The maximum Gasteiger partial charge on any atom is 0.328 e. The van der Waals surface area contributed by atoms with E-state index in [1.54, 1.807) is 14.1 Å². The van der Waals surface area contributed by atoms with E-state index in [2.05, 4.69) is 10.6 Å². The van der Waals surface area contributed by atoms with Gasteiger partial charge in [0.15, 0.2) is 0 Å². The van der Waals surface area contributed by atoms with E-state index in [9.17, 15) is 9.59 Å². The van der Waals surface area contributed by atoms with Crippen molar-refractivity contribution in [1.29, 1.82) is 0 Å². The molecule has 5 N–H and O–H groups in total. The van der Waals surface area contributed by atoms with Gasteiger partial charge in [-0.15, -0.1) is 0 Å². The van der Waals surface area contributed by atoms with Gasteiger partial charge >= 0.3 is 12.1 Å². The Morgan fingerprint density at radius 3 is 2.23 bits per heavy atom. The maximum atomic E-state index is 10.9. The summed E-state index contributed by atoms with van der Waals surface area (Å²) in [5.41, 5.74) is 1.90. The van der Waals surface area contributed by atoms with Crippen molar-refractivity contribution in [3.8, 4) is 0 Å². The highest BCUT2D eigenvalue weighted by molar-refractivity contribution is 5.74. The van der Waals surface area contributed by atoms with Crippen LogP contribution in [0.5, 0.6) is 0 Å². The topological polar surface area (TPSA) is 99.5 Å². The third kappa shape index (κ3) is 5.74. The Morgan fingerprint density at radius 2 is 1.77 bits per heavy atom. The van der Waals surface area contributed by atoms with Gasteiger partial charge in [0.1, 0.15) is 0 Å². The molecule has 7 nitrogen and oxygen atoms in total. The molecule has 0 aromatic rings. The lowest BCUT2D eigenvalue weighted by Crippen LogP contribution is -2.44. The van der Waals surface area contributed by atoms with Gasteiger partial charge in [-0.25, -0.2) is 15.4 Å². The summed E-state index contributed by atoms with van der Waals surface area (Å²) in [5.74, 6) is 4.80. The first kappa shape index (κ1) is 11.5. The van der Waals surface area contributed by atoms with E-state index >= 15 is 0 Å². The molecule has 0 bridgehead atoms. The van der Waals surface area contributed by atoms with Crippen LogP contribution in [0.4, 0.5) is 9.59 Å². The molecule has 0 aromatic carbocycles. The van der Waals surface area contributed by atoms with Gasteiger partial charge in [0.25, 0.3) is 0 Å². The zero-order valence-corrected chi connectivity index (χ0v) is 7.76. The Morgan fingerprint density at radius 1 is 1.23 bits per heavy atom. The van der Waals surface area contributed by atoms with Crippen molar-refractivity contribution in [2.24, 2.45) is 5.84 Å². The van der Waals surface area contributed by atoms with Gasteiger partial charge in [0.05, 0.1) is 0 Å². The predicted molar refractivity (Wildman–Crippen MR) is 47.8 cm³/mol. The summed E-state index contributed by atoms with van der Waals surface area (Å²) in [6.45, 7) is 0.701. The van der Waals surface area contributed by atoms with Gasteiger partial charge in [-0.2, -0.15) is 0 Å². The van der Waals surface area contributed by atoms with Gasteiger partial charge < -0.3 is 15.5 Å². The van der Waals surface area contributed by atoms with Crippen LogP contribution < -0.4 is 21.9 Å². The van der Waals surface area contributed by atoms with Crippen LogP contribution in [0, 0.1) is 0 Å². The van der Waals surface area contributed by atoms with E-state index in [1.807, 2.05) is 5.43 Å². The van der Waals surface area contributed by atoms with Crippen LogP contribution >= 0.6 is 0 Å². The molecular formula is C6H15N5O2. The Hall–Kier alpha value is -1.50. The molecule has 0 spiro atoms. The fourth-order valence-corrected chi connectivity index (χ4v) is 0.555. The molecule has 0 heterocycles. The Labute approximate surface area is 76.6 Å². The lowest BCUT2D eigenvalue weighted by molar-refractivity contribution is 0.217. The predicted octanol–water partition coefficient (Wildman–Crippen LogP) is -1.57. The molecule has 4 amide bonds. The Balaban J connectivity index is 3.36. The highest BCUT2D eigenvalue weighted by atomic mass is 16.2. The summed E-state index contributed by atoms with van der Waals surface area (Å²) in [6, 6.07) is -0.672. The summed E-state index contributed by atoms with van der Waals surface area (Å²) < 4.78 is 0. The van der Waals surface area contributed by atoms with E-state index < -0.39 is 6.03 Å². The SMILES string of the molecule is CN(C)C(=O)NCCNC(=O)NN. The van der Waals surface area contributed by atoms with E-state index in [1.165, 1.54) is 4.90 Å². The number of hydrazine groups is 1. The number of hydrogen-bond donors (Lipinski definition) is 4. The zero-order valence-electron chi connectivity index (χ0n) is 7.76. The fraction of sp³-hybridized carbons (Fsp3) is 0.667. The van der Waals surface area contributed by atoms with Gasteiger partial charge in [-0.3, -0.25) is 5.43 Å². The molecule has 76 valence electrons. The maximum absolute atomic E-state index is 10.9. The summed E-state index contributed by atoms with van der Waals surface area (Å²) >= 11 is 0. The highest BCUT2D eigenvalue weighted by Crippen LogP contribution is 1.74. The van der Waals surface area contributed by atoms with Crippen LogP contribution in [0.1, 0.15) is 0 Å². The van der Waals surface area contributed by atoms with Crippen molar-refractivity contribution in [3.05, 3.63) is 0 Å². The number of urea groups is 2. The minimum Gasteiger partial charge on any atom is -0.336 e. The first-order valence-electron chi connectivity index (χ1n) is 3.77. The first-order chi connectivity index (χ1) is 6.07. The van der Waals surface area contributed by atoms with Crippen LogP contribution in [-0.2, 0) is 0 Å². The minimum absolute atomic E-state index is 0.199. The zero-order chi connectivity index (χ0) is 10.3. The van der Waals surface area contributed by atoms with Crippen molar-refractivity contribution in [2.75, 3.05) is 27.2 Å². The summed E-state index contributed by atoms with van der Waals surface area (Å²) in [5, 5.41) is 4.98. The van der Waals surface area contributed by atoms with Gasteiger partial charge in [0.2, 0.25) is 0 Å². The van der Waals surface area contributed by atoms with Crippen molar-refractivity contribution >= 4 is 12.1 Å². The number of amides is 4. The summed E-state index contributed by atoms with van der Waals surface area (Å²) in [4.78, 5) is 22.8. The molecule has 0 rings (SSSR count). The molecule has 0 fully saturated rings. The van der Waals surface area contributed by atoms with Crippen molar-refractivity contribution in [2.45, 2.75) is 0 Å². The average Bonchev–Trinajstić information content (AvgIpc) is 2.11. The molecule has 0 saturated carbocycles. The quantitative estimate of drug-likeness (QED) is 0.187. The van der Waals surface area contributed by atoms with E-state index in [4.69, 9.17) is 5.84 Å². The van der Waals surface area contributed by atoms with Crippen molar-refractivity contribution in [1.82, 2.24) is 21.0 Å². The molecule has 0 aliphatic carbocycles. The molecule has 0 unspecified atom stereocenters. The second-order valence-electron chi connectivity index (χ2n) is 2.53. The molecule has 0 saturated heterocycles. The van der Waals surface area contributed by atoms with Crippen molar-refractivity contribution < 1.29 is 9.59 Å². The Bertz CT molecular complexity index is 182. The molecule has 0 aliphatic rings. The third-order valence-electron chi connectivity index (χ3n) is 1.22. The number of nitrogens with zero attached hydrogens (tertiary/aromatic N) is 1. The van der Waals surface area contributed by atoms with E-state index in [0.29, 0.717) is 13.1 Å². The number of rotatable bonds is 3. The first-order valence-corrected chi connectivity index (χ1v) is 3.77. The summed E-state index contributed by atoms with van der Waals surface area (Å²) in [7, 11) is 3.27. The van der Waals surface area contributed by atoms with Gasteiger partial charge in [-0.05, 0) is 0 Å². The number of carbonyl (C=O) groups is 2. The molecule has 0 atom stereocenters. The second kappa shape index (κ2) is 6.06. The van der Waals surface area contributed by atoms with Crippen LogP contribution in [0.25, 0.3) is 0 Å². The monoisotopic (exact) mass is 189 g/mol. The van der Waals surface area contributed by atoms with Gasteiger partial charge in [-0.1, -0.05) is 0 Å². The van der Waals surface area contributed by atoms with Crippen LogP contribution in [0.15, 0.2) is 0 Å². The standard InChI is InChI=1S/C6H15N5O2/c1-11(2)6(13)9-4-3-8-5(12)10-7/h3-4,7H2,1-2H3,(H,9,13)(H2,8,10,12). The molecule has 0 aliphatic heterocycles. The highest BCUT2D eigenvalue weighted by Gasteiger charge is 2.01. The largest absolute Gasteiger partial charge is 0.336 e. The smallest absolute Gasteiger partial charge is 0.328 e. The lowest BCUT2D eigenvalue weighted by Gasteiger charge is -2.11. The molecule has 0 aromatic heterocycles. The van der Waals surface area contributed by atoms with Crippen molar-refractivity contribution in [3.63, 3.8) is 0 Å². The average molecular weight is 189 g/mol. The normalized spacial score (nSPS) is 8.85. The number of carbonyl (C=O) groups excluding carboxylic acids is 2. The summed E-state index contributed by atoms with van der Waals surface area (Å²) in [6.07, 6.45) is 0. The molecule has 0 radical (unpaired) electrons. The van der Waals surface area contributed by atoms with E-state index in [-0.39, 0.29) is 6.03 Å². The van der Waals surface area contributed by atoms with Gasteiger partial charge in [0, 0.05) is 27.2 Å². The second-order valence-corrected chi connectivity index (χ2v) is 2.53. The number of nitrogens with one attached hydrogen (secondary N) is 3. The van der Waals surface area contributed by atoms with Crippen LogP contribution in [0.2, 0.25) is 0 Å². The Kier molecular flexibility index (Phi) is 5.37. The lowest BCUT2D eigenvalue weighted by atomic mass is 10.6. The fourth-order valence-electron chi connectivity index (χ4n) is 0.555. The minimum atomic E-state index is -0.473. The number of nitrogens with two attached hydrogens (primary N) is 1. The molecular weight excluding hydrogens is 174 g/mol. The van der Waals surface area contributed by atoms with E-state index in [0.717, 1.165) is 0 Å². The van der Waals surface area contributed by atoms with Crippen LogP contribution in [-0.4, -0.2) is 44.1 Å². The van der Waals surface area contributed by atoms with Crippen LogP contribution in [0.3, 0.4) is 0 Å². The number of hydrogen-bond acceptors (Lipinski definition) is 3.